The van der Waals surface area contributed by atoms with Crippen LogP contribution in [0.2, 0.25) is 0 Å². The summed E-state index contributed by atoms with van der Waals surface area (Å²) >= 11 is 1.26. The number of anilines is 1. The molecule has 1 aliphatic rings. The Morgan fingerprint density at radius 1 is 1.09 bits per heavy atom. The summed E-state index contributed by atoms with van der Waals surface area (Å²) in [6, 6.07) is 12.5. The molecule has 0 atom stereocenters. The number of carbonyl (C=O) groups is 2. The number of hydrogen-bond acceptors (Lipinski definition) is 4. The Kier molecular flexibility index (Phi) is 4.16. The number of para-hydroxylation sites is 1. The van der Waals surface area contributed by atoms with Gasteiger partial charge in [-0.2, -0.15) is 0 Å². The monoisotopic (exact) mass is 329 g/mol. The molecule has 0 aromatic heterocycles. The molecule has 1 heterocycles. The second-order valence-corrected chi connectivity index (χ2v) is 5.82. The van der Waals surface area contributed by atoms with E-state index < -0.39 is 11.9 Å². The summed E-state index contributed by atoms with van der Waals surface area (Å²) in [4.78, 5) is 27.0. The fraction of sp³-hybridized carbons (Fsp3) is 0.0588. The van der Waals surface area contributed by atoms with Crippen molar-refractivity contribution in [3.8, 4) is 0 Å². The molecule has 116 valence electrons. The van der Waals surface area contributed by atoms with Crippen molar-refractivity contribution in [1.29, 1.82) is 0 Å². The number of ketones is 1. The van der Waals surface area contributed by atoms with Crippen molar-refractivity contribution in [2.45, 2.75) is 4.90 Å². The maximum atomic E-state index is 13.0. The summed E-state index contributed by atoms with van der Waals surface area (Å²) in [6.45, 7) is 0. The Hall–Kier alpha value is -2.60. The maximum absolute atomic E-state index is 13.0. The maximum Gasteiger partial charge on any atom is 0.418 e. The Bertz CT molecular complexity index is 802. The molecule has 0 N–H and O–H groups in total. The second kappa shape index (κ2) is 6.26. The molecular formula is C17H12FNO3S. The molecule has 23 heavy (non-hydrogen) atoms. The van der Waals surface area contributed by atoms with Crippen LogP contribution >= 0.6 is 11.8 Å². The number of methoxy groups -OCH3 is 1. The van der Waals surface area contributed by atoms with E-state index in [9.17, 15) is 14.0 Å². The van der Waals surface area contributed by atoms with Gasteiger partial charge in [-0.15, -0.1) is 0 Å². The molecule has 0 spiro atoms. The predicted molar refractivity (Wildman–Crippen MR) is 86.0 cm³/mol. The van der Waals surface area contributed by atoms with E-state index in [0.717, 1.165) is 4.90 Å². The lowest BCUT2D eigenvalue weighted by molar-refractivity contribution is 0.104. The number of ether oxygens (including phenoxy) is 1. The van der Waals surface area contributed by atoms with Crippen LogP contribution in [-0.2, 0) is 4.74 Å². The van der Waals surface area contributed by atoms with E-state index >= 15 is 0 Å². The summed E-state index contributed by atoms with van der Waals surface area (Å²) < 4.78 is 17.8. The number of fused-ring (bicyclic) bond motifs is 1. The van der Waals surface area contributed by atoms with Gasteiger partial charge >= 0.3 is 6.09 Å². The van der Waals surface area contributed by atoms with Gasteiger partial charge in [0.1, 0.15) is 5.82 Å². The van der Waals surface area contributed by atoms with E-state index in [1.807, 2.05) is 12.1 Å². The zero-order chi connectivity index (χ0) is 16.4. The molecular weight excluding hydrogens is 317 g/mol. The van der Waals surface area contributed by atoms with E-state index in [2.05, 4.69) is 0 Å². The number of amides is 1. The number of halogens is 1. The third-order valence-corrected chi connectivity index (χ3v) is 4.37. The molecule has 0 aliphatic carbocycles. The van der Waals surface area contributed by atoms with E-state index in [1.54, 1.807) is 12.1 Å². The summed E-state index contributed by atoms with van der Waals surface area (Å²) in [5.41, 5.74) is 1.01. The molecule has 2 aromatic rings. The topological polar surface area (TPSA) is 46.6 Å². The highest BCUT2D eigenvalue weighted by Gasteiger charge is 2.27. The van der Waals surface area contributed by atoms with Crippen LogP contribution in [0.15, 0.2) is 64.5 Å². The largest absolute Gasteiger partial charge is 0.452 e. The van der Waals surface area contributed by atoms with Crippen LogP contribution in [0, 0.1) is 5.82 Å². The lowest BCUT2D eigenvalue weighted by Gasteiger charge is -2.25. The molecule has 6 heteroatoms. The van der Waals surface area contributed by atoms with Gasteiger partial charge in [-0.1, -0.05) is 23.9 Å². The first-order chi connectivity index (χ1) is 11.1. The van der Waals surface area contributed by atoms with Gasteiger partial charge < -0.3 is 4.74 Å². The Labute approximate surface area is 136 Å². The first kappa shape index (κ1) is 15.3. The van der Waals surface area contributed by atoms with Gasteiger partial charge in [-0.3, -0.25) is 9.69 Å². The molecule has 2 aromatic carbocycles. The normalized spacial score (nSPS) is 13.1. The third-order valence-electron chi connectivity index (χ3n) is 3.29. The molecule has 4 nitrogen and oxygen atoms in total. The molecule has 0 radical (unpaired) electrons. The van der Waals surface area contributed by atoms with Crippen LogP contribution < -0.4 is 4.90 Å². The molecule has 0 unspecified atom stereocenters. The third kappa shape index (κ3) is 2.98. The first-order valence-corrected chi connectivity index (χ1v) is 7.58. The summed E-state index contributed by atoms with van der Waals surface area (Å²) in [6.07, 6.45) is 0.868. The van der Waals surface area contributed by atoms with Crippen molar-refractivity contribution in [2.24, 2.45) is 0 Å². The lowest BCUT2D eigenvalue weighted by atomic mass is 10.1. The Morgan fingerprint density at radius 3 is 2.48 bits per heavy atom. The lowest BCUT2D eigenvalue weighted by Crippen LogP contribution is -2.28. The fourth-order valence-corrected chi connectivity index (χ4v) is 3.20. The first-order valence-electron chi connectivity index (χ1n) is 6.76. The summed E-state index contributed by atoms with van der Waals surface area (Å²) in [5, 5.41) is 0. The van der Waals surface area contributed by atoms with E-state index in [-0.39, 0.29) is 5.78 Å². The van der Waals surface area contributed by atoms with Crippen molar-refractivity contribution in [3.63, 3.8) is 0 Å². The number of allylic oxidation sites excluding steroid dienone is 1. The molecule has 0 saturated carbocycles. The van der Waals surface area contributed by atoms with Gasteiger partial charge in [-0.25, -0.2) is 9.18 Å². The minimum Gasteiger partial charge on any atom is -0.452 e. The molecule has 0 fully saturated rings. The summed E-state index contributed by atoms with van der Waals surface area (Å²) in [7, 11) is 1.28. The number of thioether (sulfide) groups is 1. The highest BCUT2D eigenvalue weighted by atomic mass is 32.2. The van der Waals surface area contributed by atoms with Crippen molar-refractivity contribution in [2.75, 3.05) is 12.0 Å². The van der Waals surface area contributed by atoms with Gasteiger partial charge in [0.15, 0.2) is 0 Å². The van der Waals surface area contributed by atoms with Gasteiger partial charge in [0.2, 0.25) is 5.78 Å². The van der Waals surface area contributed by atoms with E-state index in [1.165, 1.54) is 54.2 Å². The van der Waals surface area contributed by atoms with Crippen LogP contribution in [0.4, 0.5) is 14.9 Å². The minimum absolute atomic E-state index is 0.279. The van der Waals surface area contributed by atoms with Crippen LogP contribution in [0.3, 0.4) is 0 Å². The Morgan fingerprint density at radius 2 is 1.78 bits per heavy atom. The minimum atomic E-state index is -0.581. The molecule has 0 saturated heterocycles. The van der Waals surface area contributed by atoms with Crippen molar-refractivity contribution >= 4 is 29.3 Å². The van der Waals surface area contributed by atoms with Gasteiger partial charge in [-0.05, 0) is 36.4 Å². The number of benzene rings is 2. The van der Waals surface area contributed by atoms with Crippen LogP contribution in [0.25, 0.3) is 0 Å². The smallest absolute Gasteiger partial charge is 0.418 e. The van der Waals surface area contributed by atoms with Gasteiger partial charge in [0, 0.05) is 16.7 Å². The van der Waals surface area contributed by atoms with E-state index in [0.29, 0.717) is 16.2 Å². The number of carbonyl (C=O) groups excluding carboxylic acids is 2. The average molecular weight is 329 g/mol. The number of Topliss-reactive ketones (excluding diaryl/α,β-unsaturated/α-hetero) is 1. The van der Waals surface area contributed by atoms with Crippen LogP contribution in [0.1, 0.15) is 10.4 Å². The highest BCUT2D eigenvalue weighted by Crippen LogP contribution is 2.41. The highest BCUT2D eigenvalue weighted by molar-refractivity contribution is 8.04. The standard InChI is InChI=1S/C17H12FNO3S/c1-22-17(21)19-10-15(23-14-5-3-2-4-13(14)19)16(20)11-6-8-12(18)9-7-11/h2-10H,1H3. The van der Waals surface area contributed by atoms with Crippen LogP contribution in [0.5, 0.6) is 0 Å². The second-order valence-electron chi connectivity index (χ2n) is 4.74. The predicted octanol–water partition coefficient (Wildman–Crippen LogP) is 4.23. The zero-order valence-corrected chi connectivity index (χ0v) is 13.0. The number of rotatable bonds is 2. The SMILES string of the molecule is COC(=O)N1C=C(C(=O)c2ccc(F)cc2)Sc2ccccc21. The van der Waals surface area contributed by atoms with Gasteiger partial charge in [0.25, 0.3) is 0 Å². The number of nitrogens with zero attached hydrogens (tertiary/aromatic N) is 1. The molecule has 1 aliphatic heterocycles. The average Bonchev–Trinajstić information content (AvgIpc) is 2.60. The molecule has 3 rings (SSSR count). The number of hydrogen-bond donors (Lipinski definition) is 0. The van der Waals surface area contributed by atoms with Crippen molar-refractivity contribution in [1.82, 2.24) is 0 Å². The fourth-order valence-electron chi connectivity index (χ4n) is 2.17. The van der Waals surface area contributed by atoms with Crippen molar-refractivity contribution < 1.29 is 18.7 Å². The summed E-state index contributed by atoms with van der Waals surface area (Å²) in [5.74, 6) is -0.688. The quantitative estimate of drug-likeness (QED) is 0.774. The Balaban J connectivity index is 2.00. The molecule has 1 amide bonds. The van der Waals surface area contributed by atoms with Crippen LogP contribution in [-0.4, -0.2) is 19.0 Å². The zero-order valence-electron chi connectivity index (χ0n) is 12.2. The van der Waals surface area contributed by atoms with Gasteiger partial charge in [0.05, 0.1) is 17.7 Å². The van der Waals surface area contributed by atoms with Crippen molar-refractivity contribution in [3.05, 3.63) is 71.0 Å². The molecule has 0 bridgehead atoms. The van der Waals surface area contributed by atoms with E-state index in [4.69, 9.17) is 4.74 Å².